The number of pyridine rings is 1. The van der Waals surface area contributed by atoms with Crippen LogP contribution >= 0.6 is 0 Å². The van der Waals surface area contributed by atoms with Crippen LogP contribution in [-0.2, 0) is 19.4 Å². The van der Waals surface area contributed by atoms with E-state index in [1.54, 1.807) is 24.3 Å². The van der Waals surface area contributed by atoms with Crippen molar-refractivity contribution in [1.29, 1.82) is 0 Å². The van der Waals surface area contributed by atoms with Crippen molar-refractivity contribution >= 4 is 21.7 Å². The van der Waals surface area contributed by atoms with Gasteiger partial charge in [-0.2, -0.15) is 0 Å². The highest BCUT2D eigenvalue weighted by Gasteiger charge is 2.22. The van der Waals surface area contributed by atoms with Crippen LogP contribution in [0, 0.1) is 0 Å². The van der Waals surface area contributed by atoms with E-state index in [1.807, 2.05) is 13.8 Å². The van der Waals surface area contributed by atoms with E-state index in [4.69, 9.17) is 9.47 Å². The SMILES string of the molecule is COC(=O)[C@H](CO)NC(=O)c1ccc(-c2cc(Oc3ccc(S(C)(=O)=O)nc3)cc(OC(C)C)c2)[nH]1. The van der Waals surface area contributed by atoms with Crippen LogP contribution < -0.4 is 14.8 Å². The van der Waals surface area contributed by atoms with Gasteiger partial charge < -0.3 is 29.6 Å². The minimum absolute atomic E-state index is 0.0692. The Balaban J connectivity index is 1.88. The summed E-state index contributed by atoms with van der Waals surface area (Å²) in [6, 6.07) is 9.99. The number of carbonyl (C=O) groups excluding carboxylic acids is 2. The standard InChI is InChI=1S/C24H27N3O8S/c1-14(2)34-17-9-15(10-18(11-17)35-16-5-8-22(25-12-16)36(4,31)32)19-6-7-20(26-19)23(29)27-21(13-28)24(30)33-3/h5-12,14,21,26,28H,13H2,1-4H3,(H,27,29)/t21-/m0/s1. The largest absolute Gasteiger partial charge is 0.491 e. The lowest BCUT2D eigenvalue weighted by Crippen LogP contribution is -2.44. The van der Waals surface area contributed by atoms with Gasteiger partial charge in [0.1, 0.15) is 22.9 Å². The van der Waals surface area contributed by atoms with Crippen molar-refractivity contribution in [2.24, 2.45) is 0 Å². The molecule has 0 aliphatic rings. The van der Waals surface area contributed by atoms with Gasteiger partial charge in [-0.1, -0.05) is 0 Å². The number of aromatic nitrogens is 2. The molecule has 12 heteroatoms. The second-order valence-electron chi connectivity index (χ2n) is 8.08. The topological polar surface area (TPSA) is 157 Å². The second kappa shape index (κ2) is 11.2. The van der Waals surface area contributed by atoms with Crippen molar-refractivity contribution < 1.29 is 37.3 Å². The summed E-state index contributed by atoms with van der Waals surface area (Å²) < 4.78 is 39.5. The van der Waals surface area contributed by atoms with Crippen LogP contribution in [0.15, 0.2) is 53.7 Å². The van der Waals surface area contributed by atoms with Crippen LogP contribution in [0.4, 0.5) is 0 Å². The molecule has 1 amide bonds. The maximum Gasteiger partial charge on any atom is 0.330 e. The first-order chi connectivity index (χ1) is 17.0. The molecule has 0 saturated carbocycles. The number of aliphatic hydroxyl groups excluding tert-OH is 1. The van der Waals surface area contributed by atoms with Crippen molar-refractivity contribution in [2.45, 2.75) is 31.0 Å². The number of nitrogens with zero attached hydrogens (tertiary/aromatic N) is 1. The molecular weight excluding hydrogens is 490 g/mol. The summed E-state index contributed by atoms with van der Waals surface area (Å²) >= 11 is 0. The first kappa shape index (κ1) is 26.7. The minimum atomic E-state index is -3.44. The fourth-order valence-electron chi connectivity index (χ4n) is 3.16. The molecule has 0 radical (unpaired) electrons. The van der Waals surface area contributed by atoms with Crippen LogP contribution in [0.5, 0.6) is 17.2 Å². The first-order valence-electron chi connectivity index (χ1n) is 10.8. The van der Waals surface area contributed by atoms with Gasteiger partial charge >= 0.3 is 5.97 Å². The summed E-state index contributed by atoms with van der Waals surface area (Å²) in [4.78, 5) is 31.1. The molecule has 0 aliphatic carbocycles. The molecule has 0 aliphatic heterocycles. The zero-order valence-electron chi connectivity index (χ0n) is 20.1. The van der Waals surface area contributed by atoms with Gasteiger partial charge in [0.05, 0.1) is 26.0 Å². The van der Waals surface area contributed by atoms with Crippen molar-refractivity contribution in [3.8, 4) is 28.5 Å². The number of H-pyrrole nitrogens is 1. The minimum Gasteiger partial charge on any atom is -0.491 e. The Morgan fingerprint density at radius 1 is 1.08 bits per heavy atom. The molecule has 1 atom stereocenters. The van der Waals surface area contributed by atoms with Gasteiger partial charge in [0.15, 0.2) is 20.9 Å². The number of sulfone groups is 1. The van der Waals surface area contributed by atoms with Gasteiger partial charge in [0.25, 0.3) is 5.91 Å². The van der Waals surface area contributed by atoms with E-state index in [2.05, 4.69) is 20.0 Å². The van der Waals surface area contributed by atoms with E-state index in [1.165, 1.54) is 24.4 Å². The highest BCUT2D eigenvalue weighted by atomic mass is 32.2. The molecule has 3 N–H and O–H groups in total. The number of ether oxygens (including phenoxy) is 3. The number of hydrogen-bond acceptors (Lipinski definition) is 9. The number of rotatable bonds is 10. The summed E-state index contributed by atoms with van der Waals surface area (Å²) in [5.74, 6) is -0.154. The number of amides is 1. The quantitative estimate of drug-likeness (QED) is 0.343. The Hall–Kier alpha value is -3.90. The Morgan fingerprint density at radius 2 is 1.81 bits per heavy atom. The predicted octanol–water partition coefficient (Wildman–Crippen LogP) is 2.32. The van der Waals surface area contributed by atoms with Crippen molar-refractivity contribution in [2.75, 3.05) is 20.0 Å². The van der Waals surface area contributed by atoms with Crippen molar-refractivity contribution in [1.82, 2.24) is 15.3 Å². The van der Waals surface area contributed by atoms with Gasteiger partial charge in [-0.05, 0) is 50.2 Å². The number of methoxy groups -OCH3 is 1. The summed E-state index contributed by atoms with van der Waals surface area (Å²) in [5, 5.41) is 11.7. The number of benzene rings is 1. The molecule has 1 aromatic carbocycles. The van der Waals surface area contributed by atoms with Crippen LogP contribution in [0.1, 0.15) is 24.3 Å². The lowest BCUT2D eigenvalue weighted by atomic mass is 10.1. The van der Waals surface area contributed by atoms with E-state index in [9.17, 15) is 23.1 Å². The molecule has 3 aromatic rings. The third-order valence-corrected chi connectivity index (χ3v) is 5.79. The summed E-state index contributed by atoms with van der Waals surface area (Å²) in [6.07, 6.45) is 2.25. The molecule has 3 rings (SSSR count). The number of aromatic amines is 1. The summed E-state index contributed by atoms with van der Waals surface area (Å²) in [6.45, 7) is 3.13. The zero-order chi connectivity index (χ0) is 26.5. The molecule has 0 saturated heterocycles. The Bertz CT molecular complexity index is 1330. The fourth-order valence-corrected chi connectivity index (χ4v) is 3.72. The van der Waals surface area contributed by atoms with Crippen molar-refractivity contribution in [3.05, 3.63) is 54.4 Å². The van der Waals surface area contributed by atoms with Crippen LogP contribution in [0.2, 0.25) is 0 Å². The monoisotopic (exact) mass is 517 g/mol. The molecule has 192 valence electrons. The number of esters is 1. The number of carbonyl (C=O) groups is 2. The van der Waals surface area contributed by atoms with Gasteiger partial charge in [0.2, 0.25) is 0 Å². The van der Waals surface area contributed by atoms with E-state index >= 15 is 0 Å². The fraction of sp³-hybridized carbons (Fsp3) is 0.292. The van der Waals surface area contributed by atoms with Gasteiger partial charge in [0, 0.05) is 23.6 Å². The average Bonchev–Trinajstić information content (AvgIpc) is 3.32. The van der Waals surface area contributed by atoms with Gasteiger partial charge in [-0.25, -0.2) is 18.2 Å². The molecular formula is C24H27N3O8S. The molecule has 0 bridgehead atoms. The lowest BCUT2D eigenvalue weighted by molar-refractivity contribution is -0.143. The Labute approximate surface area is 208 Å². The molecule has 36 heavy (non-hydrogen) atoms. The van der Waals surface area contributed by atoms with E-state index < -0.39 is 34.4 Å². The number of nitrogens with one attached hydrogen (secondary N) is 2. The summed E-state index contributed by atoms with van der Waals surface area (Å²) in [5.41, 5.74) is 1.35. The maximum absolute atomic E-state index is 12.5. The second-order valence-corrected chi connectivity index (χ2v) is 10.0. The smallest absolute Gasteiger partial charge is 0.330 e. The highest BCUT2D eigenvalue weighted by Crippen LogP contribution is 2.32. The van der Waals surface area contributed by atoms with Crippen molar-refractivity contribution in [3.63, 3.8) is 0 Å². The van der Waals surface area contributed by atoms with E-state index in [-0.39, 0.29) is 16.8 Å². The normalized spacial score (nSPS) is 12.2. The highest BCUT2D eigenvalue weighted by molar-refractivity contribution is 7.90. The third kappa shape index (κ3) is 6.83. The Kier molecular flexibility index (Phi) is 8.33. The molecule has 2 heterocycles. The third-order valence-electron chi connectivity index (χ3n) is 4.79. The average molecular weight is 518 g/mol. The van der Waals surface area contributed by atoms with Gasteiger partial charge in [-0.15, -0.1) is 0 Å². The number of aliphatic hydroxyl groups is 1. The molecule has 0 fully saturated rings. The van der Waals surface area contributed by atoms with Crippen LogP contribution in [0.25, 0.3) is 11.3 Å². The molecule has 0 unspecified atom stereocenters. The molecule has 11 nitrogen and oxygen atoms in total. The Morgan fingerprint density at radius 3 is 2.39 bits per heavy atom. The molecule has 2 aromatic heterocycles. The van der Waals surface area contributed by atoms with Gasteiger partial charge in [-0.3, -0.25) is 4.79 Å². The van der Waals surface area contributed by atoms with Crippen LogP contribution in [-0.4, -0.2) is 67.5 Å². The lowest BCUT2D eigenvalue weighted by Gasteiger charge is -2.14. The predicted molar refractivity (Wildman–Crippen MR) is 130 cm³/mol. The van der Waals surface area contributed by atoms with E-state index in [0.717, 1.165) is 13.4 Å². The van der Waals surface area contributed by atoms with Crippen LogP contribution in [0.3, 0.4) is 0 Å². The zero-order valence-corrected chi connectivity index (χ0v) is 21.0. The van der Waals surface area contributed by atoms with E-state index in [0.29, 0.717) is 28.5 Å². The number of hydrogen-bond donors (Lipinski definition) is 3. The maximum atomic E-state index is 12.5. The first-order valence-corrected chi connectivity index (χ1v) is 12.7. The molecule has 0 spiro atoms. The summed E-state index contributed by atoms with van der Waals surface area (Å²) in [7, 11) is -2.28.